The first-order valence-electron chi connectivity index (χ1n) is 7.48. The molecule has 116 valence electrons. The van der Waals surface area contributed by atoms with Crippen LogP contribution < -0.4 is 5.73 Å². The van der Waals surface area contributed by atoms with Gasteiger partial charge in [-0.05, 0) is 25.8 Å². The molecule has 0 radical (unpaired) electrons. The number of likely N-dealkylation sites (tertiary alicyclic amines) is 1. The Balaban J connectivity index is 2.06. The van der Waals surface area contributed by atoms with Crippen molar-refractivity contribution in [2.75, 3.05) is 13.1 Å². The van der Waals surface area contributed by atoms with Crippen LogP contribution in [0.5, 0.6) is 0 Å². The molecule has 2 rings (SSSR count). The molecule has 0 aromatic carbocycles. The molecule has 1 aromatic rings. The van der Waals surface area contributed by atoms with Gasteiger partial charge in [-0.15, -0.1) is 0 Å². The van der Waals surface area contributed by atoms with Gasteiger partial charge in [0.2, 0.25) is 5.91 Å². The molecule has 0 saturated carbocycles. The molecule has 6 heteroatoms. The van der Waals surface area contributed by atoms with Gasteiger partial charge >= 0.3 is 0 Å². The first-order valence-corrected chi connectivity index (χ1v) is 7.86. The largest absolute Gasteiger partial charge is 0.338 e. The van der Waals surface area contributed by atoms with Gasteiger partial charge in [-0.1, -0.05) is 24.9 Å². The molecule has 1 amide bonds. The summed E-state index contributed by atoms with van der Waals surface area (Å²) in [4.78, 5) is 13.8. The normalized spacial score (nSPS) is 18.9. The second-order valence-corrected chi connectivity index (χ2v) is 5.89. The fourth-order valence-corrected chi connectivity index (χ4v) is 2.78. The lowest BCUT2D eigenvalue weighted by atomic mass is 10.2. The number of rotatable bonds is 5. The topological polar surface area (TPSA) is 64.2 Å². The highest BCUT2D eigenvalue weighted by atomic mass is 35.5. The van der Waals surface area contributed by atoms with Crippen LogP contribution in [0.1, 0.15) is 37.4 Å². The number of amides is 1. The Bertz CT molecular complexity index is 538. The van der Waals surface area contributed by atoms with Crippen molar-refractivity contribution in [3.63, 3.8) is 0 Å². The van der Waals surface area contributed by atoms with Crippen LogP contribution >= 0.6 is 11.6 Å². The van der Waals surface area contributed by atoms with Crippen LogP contribution in [0.4, 0.5) is 0 Å². The van der Waals surface area contributed by atoms with E-state index in [2.05, 4.69) is 12.0 Å². The third-order valence-electron chi connectivity index (χ3n) is 3.76. The van der Waals surface area contributed by atoms with Crippen LogP contribution in [0.15, 0.2) is 6.08 Å². The van der Waals surface area contributed by atoms with Crippen molar-refractivity contribution in [1.82, 2.24) is 14.7 Å². The second-order valence-electron chi connectivity index (χ2n) is 5.53. The Morgan fingerprint density at radius 2 is 2.33 bits per heavy atom. The molecule has 2 heterocycles. The molecule has 21 heavy (non-hydrogen) atoms. The summed E-state index contributed by atoms with van der Waals surface area (Å²) >= 11 is 6.34. The van der Waals surface area contributed by atoms with Crippen LogP contribution in [0.25, 0.3) is 6.08 Å². The summed E-state index contributed by atoms with van der Waals surface area (Å²) in [7, 11) is 0. The number of halogens is 1. The predicted molar refractivity (Wildman–Crippen MR) is 85.1 cm³/mol. The fraction of sp³-hybridized carbons (Fsp3) is 0.600. The molecular formula is C15H23ClN4O. The highest BCUT2D eigenvalue weighted by Crippen LogP contribution is 2.22. The zero-order valence-electron chi connectivity index (χ0n) is 12.7. The average molecular weight is 311 g/mol. The maximum atomic E-state index is 12.1. The summed E-state index contributed by atoms with van der Waals surface area (Å²) in [6, 6.07) is 0.101. The highest BCUT2D eigenvalue weighted by molar-refractivity contribution is 6.31. The number of nitrogens with zero attached hydrogens (tertiary/aromatic N) is 3. The van der Waals surface area contributed by atoms with Gasteiger partial charge in [0.25, 0.3) is 0 Å². The Labute approximate surface area is 130 Å². The maximum Gasteiger partial charge on any atom is 0.246 e. The lowest BCUT2D eigenvalue weighted by Gasteiger charge is -2.12. The van der Waals surface area contributed by atoms with E-state index in [0.29, 0.717) is 11.7 Å². The average Bonchev–Trinajstić information content (AvgIpc) is 2.99. The Morgan fingerprint density at radius 1 is 1.57 bits per heavy atom. The van der Waals surface area contributed by atoms with Crippen LogP contribution in [-0.2, 0) is 11.3 Å². The van der Waals surface area contributed by atoms with E-state index < -0.39 is 0 Å². The van der Waals surface area contributed by atoms with E-state index in [1.165, 1.54) is 0 Å². The van der Waals surface area contributed by atoms with Crippen molar-refractivity contribution in [3.05, 3.63) is 22.5 Å². The summed E-state index contributed by atoms with van der Waals surface area (Å²) in [6.45, 7) is 6.20. The SMILES string of the molecule is CCCCn1nc(C)c(/C=C/C(=O)N2CC[C@@H](N)C2)c1Cl. The van der Waals surface area contributed by atoms with Gasteiger partial charge in [0.15, 0.2) is 0 Å². The fourth-order valence-electron chi connectivity index (χ4n) is 2.46. The van der Waals surface area contributed by atoms with Crippen LogP contribution in [0.3, 0.4) is 0 Å². The van der Waals surface area contributed by atoms with E-state index in [4.69, 9.17) is 17.3 Å². The molecule has 5 nitrogen and oxygen atoms in total. The number of aromatic nitrogens is 2. The van der Waals surface area contributed by atoms with Crippen molar-refractivity contribution >= 4 is 23.6 Å². The summed E-state index contributed by atoms with van der Waals surface area (Å²) in [6.07, 6.45) is 6.33. The number of unbranched alkanes of at least 4 members (excludes halogenated alkanes) is 1. The van der Waals surface area contributed by atoms with Crippen LogP contribution in [-0.4, -0.2) is 39.7 Å². The lowest BCUT2D eigenvalue weighted by Crippen LogP contribution is -2.30. The standard InChI is InChI=1S/C15H23ClN4O/c1-3-4-8-20-15(16)13(11(2)18-20)5-6-14(21)19-9-7-12(17)10-19/h5-6,12H,3-4,7-10,17H2,1-2H3/b6-5+/t12-/m1/s1. The Hall–Kier alpha value is -1.33. The first kappa shape index (κ1) is 16.0. The van der Waals surface area contributed by atoms with Gasteiger partial charge in [0, 0.05) is 37.3 Å². The third kappa shape index (κ3) is 3.86. The zero-order valence-corrected chi connectivity index (χ0v) is 13.4. The Morgan fingerprint density at radius 3 is 2.95 bits per heavy atom. The maximum absolute atomic E-state index is 12.1. The molecule has 0 spiro atoms. The molecule has 1 saturated heterocycles. The van der Waals surface area contributed by atoms with Crippen LogP contribution in [0, 0.1) is 6.92 Å². The number of hydrogen-bond donors (Lipinski definition) is 1. The number of hydrogen-bond acceptors (Lipinski definition) is 3. The van der Waals surface area contributed by atoms with Gasteiger partial charge in [-0.25, -0.2) is 0 Å². The van der Waals surface area contributed by atoms with Gasteiger partial charge in [-0.3, -0.25) is 9.48 Å². The zero-order chi connectivity index (χ0) is 15.4. The highest BCUT2D eigenvalue weighted by Gasteiger charge is 2.22. The summed E-state index contributed by atoms with van der Waals surface area (Å²) in [5, 5.41) is 5.02. The van der Waals surface area contributed by atoms with Gasteiger partial charge in [-0.2, -0.15) is 5.10 Å². The molecule has 1 aliphatic rings. The first-order chi connectivity index (χ1) is 10.0. The van der Waals surface area contributed by atoms with E-state index in [0.717, 1.165) is 43.6 Å². The summed E-state index contributed by atoms with van der Waals surface area (Å²) < 4.78 is 1.80. The monoisotopic (exact) mass is 310 g/mol. The molecule has 0 bridgehead atoms. The van der Waals surface area contributed by atoms with Gasteiger partial charge in [0.05, 0.1) is 5.69 Å². The molecule has 0 unspecified atom stereocenters. The molecule has 2 N–H and O–H groups in total. The molecule has 1 aromatic heterocycles. The molecule has 1 aliphatic heterocycles. The quantitative estimate of drug-likeness (QED) is 0.848. The van der Waals surface area contributed by atoms with Crippen molar-refractivity contribution < 1.29 is 4.79 Å². The van der Waals surface area contributed by atoms with Crippen molar-refractivity contribution in [2.24, 2.45) is 5.73 Å². The summed E-state index contributed by atoms with van der Waals surface area (Å²) in [5.41, 5.74) is 7.49. The van der Waals surface area contributed by atoms with E-state index in [9.17, 15) is 4.79 Å². The number of carbonyl (C=O) groups excluding carboxylic acids is 1. The van der Waals surface area contributed by atoms with E-state index in [1.807, 2.05) is 6.92 Å². The molecule has 1 atom stereocenters. The minimum Gasteiger partial charge on any atom is -0.338 e. The minimum atomic E-state index is -0.0141. The lowest BCUT2D eigenvalue weighted by molar-refractivity contribution is -0.124. The van der Waals surface area contributed by atoms with Crippen molar-refractivity contribution in [2.45, 2.75) is 45.7 Å². The van der Waals surface area contributed by atoms with E-state index in [-0.39, 0.29) is 11.9 Å². The van der Waals surface area contributed by atoms with Gasteiger partial charge < -0.3 is 10.6 Å². The molecular weight excluding hydrogens is 288 g/mol. The van der Waals surface area contributed by atoms with Crippen LogP contribution in [0.2, 0.25) is 5.15 Å². The minimum absolute atomic E-state index is 0.0141. The number of aryl methyl sites for hydroxylation is 2. The number of carbonyl (C=O) groups is 1. The Kier molecular flexibility index (Phi) is 5.42. The smallest absolute Gasteiger partial charge is 0.246 e. The van der Waals surface area contributed by atoms with Gasteiger partial charge in [0.1, 0.15) is 5.15 Å². The van der Waals surface area contributed by atoms with Crippen molar-refractivity contribution in [3.8, 4) is 0 Å². The van der Waals surface area contributed by atoms with Crippen molar-refractivity contribution in [1.29, 1.82) is 0 Å². The molecule has 0 aliphatic carbocycles. The second kappa shape index (κ2) is 7.09. The summed E-state index contributed by atoms with van der Waals surface area (Å²) in [5.74, 6) is -0.0141. The number of nitrogens with two attached hydrogens (primary N) is 1. The molecule has 1 fully saturated rings. The predicted octanol–water partition coefficient (Wildman–Crippen LogP) is 2.22. The van der Waals surface area contributed by atoms with E-state index >= 15 is 0 Å². The van der Waals surface area contributed by atoms with E-state index in [1.54, 1.807) is 21.7 Å². The third-order valence-corrected chi connectivity index (χ3v) is 4.16.